The van der Waals surface area contributed by atoms with Gasteiger partial charge in [-0.05, 0) is 18.4 Å². The fourth-order valence-electron chi connectivity index (χ4n) is 1.19. The zero-order valence-electron chi connectivity index (χ0n) is 8.34. The molecule has 0 aromatic rings. The summed E-state index contributed by atoms with van der Waals surface area (Å²) in [6.45, 7) is 2.06. The van der Waals surface area contributed by atoms with Crippen LogP contribution < -0.4 is 4.72 Å². The third-order valence-corrected chi connectivity index (χ3v) is 2.36. The van der Waals surface area contributed by atoms with Crippen LogP contribution in [0.2, 0.25) is 0 Å². The molecule has 0 radical (unpaired) electrons. The first-order valence-electron chi connectivity index (χ1n) is 4.60. The van der Waals surface area contributed by atoms with Crippen molar-refractivity contribution in [1.29, 1.82) is 0 Å². The molecule has 1 amide bonds. The fourth-order valence-corrected chi connectivity index (χ4v) is 1.49. The van der Waals surface area contributed by atoms with Crippen LogP contribution in [-0.4, -0.2) is 14.3 Å². The lowest BCUT2D eigenvalue weighted by Crippen LogP contribution is -2.22. The molecule has 0 heterocycles. The van der Waals surface area contributed by atoms with Crippen LogP contribution in [0, 0.1) is 5.92 Å². The number of hydrogen-bond acceptors (Lipinski definition) is 3. The number of thiol groups is 1. The van der Waals surface area contributed by atoms with Crippen molar-refractivity contribution in [2.75, 3.05) is 0 Å². The minimum atomic E-state index is -2.89. The van der Waals surface area contributed by atoms with Gasteiger partial charge in [0.25, 0.3) is 5.91 Å². The minimum absolute atomic E-state index is 0.345. The van der Waals surface area contributed by atoms with E-state index in [0.717, 1.165) is 6.42 Å². The molecule has 1 aliphatic rings. The van der Waals surface area contributed by atoms with Gasteiger partial charge in [-0.25, -0.2) is 8.42 Å². The molecule has 0 unspecified atom stereocenters. The van der Waals surface area contributed by atoms with Gasteiger partial charge >= 0.3 is 0 Å². The molecule has 0 aliphatic heterocycles. The summed E-state index contributed by atoms with van der Waals surface area (Å²) in [6.07, 6.45) is 9.66. The molecule has 1 N–H and O–H groups in total. The van der Waals surface area contributed by atoms with Crippen LogP contribution in [-0.2, 0) is 15.7 Å². The Morgan fingerprint density at radius 3 is 2.93 bits per heavy atom. The van der Waals surface area contributed by atoms with E-state index in [0.29, 0.717) is 11.5 Å². The van der Waals surface area contributed by atoms with Crippen LogP contribution in [0.1, 0.15) is 13.3 Å². The smallest absolute Gasteiger partial charge is 0.264 e. The lowest BCUT2D eigenvalue weighted by atomic mass is 10.0. The highest BCUT2D eigenvalue weighted by atomic mass is 32.2. The Hall–Kier alpha value is -1.36. The Morgan fingerprint density at radius 2 is 2.27 bits per heavy atom. The molecule has 0 aromatic carbocycles. The minimum Gasteiger partial charge on any atom is -0.268 e. The third kappa shape index (κ3) is 4.12. The van der Waals surface area contributed by atoms with Crippen LogP contribution in [0.25, 0.3) is 0 Å². The Bertz CT molecular complexity index is 397. The molecule has 0 bridgehead atoms. The van der Waals surface area contributed by atoms with Gasteiger partial charge in [0.2, 0.25) is 10.9 Å². The van der Waals surface area contributed by atoms with Crippen LogP contribution in [0.3, 0.4) is 0 Å². The molecule has 15 heavy (non-hydrogen) atoms. The SMILES string of the molecule is C[C@H]1\C=C/C=C(C(=O)N[SH](=O)=O)\C=C\C1. The topological polar surface area (TPSA) is 63.2 Å². The van der Waals surface area contributed by atoms with E-state index < -0.39 is 16.8 Å². The van der Waals surface area contributed by atoms with Crippen LogP contribution in [0.15, 0.2) is 36.0 Å². The van der Waals surface area contributed by atoms with Crippen molar-refractivity contribution >= 4 is 16.8 Å². The number of hydrogen-bond donors (Lipinski definition) is 2. The zero-order valence-corrected chi connectivity index (χ0v) is 9.24. The average molecular weight is 227 g/mol. The van der Waals surface area contributed by atoms with Gasteiger partial charge in [-0.2, -0.15) is 0 Å². The molecule has 1 atom stereocenters. The summed E-state index contributed by atoms with van der Waals surface area (Å²) in [4.78, 5) is 11.3. The molecule has 0 spiro atoms. The Balaban J connectivity index is 2.80. The maximum Gasteiger partial charge on any atom is 0.264 e. The summed E-state index contributed by atoms with van der Waals surface area (Å²) >= 11 is 0. The molecular formula is C10H13NO3S. The number of carbonyl (C=O) groups excluding carboxylic acids is 1. The second kappa shape index (κ2) is 5.50. The summed E-state index contributed by atoms with van der Waals surface area (Å²) in [5.74, 6) is -0.167. The highest BCUT2D eigenvalue weighted by molar-refractivity contribution is 7.71. The maximum atomic E-state index is 11.3. The number of allylic oxidation sites excluding steroid dienone is 4. The Labute approximate surface area is 90.5 Å². The molecule has 1 aliphatic carbocycles. The van der Waals surface area contributed by atoms with Crippen molar-refractivity contribution in [3.63, 3.8) is 0 Å². The molecule has 0 saturated carbocycles. The van der Waals surface area contributed by atoms with Crippen molar-refractivity contribution in [2.45, 2.75) is 13.3 Å². The van der Waals surface area contributed by atoms with Crippen molar-refractivity contribution < 1.29 is 13.2 Å². The van der Waals surface area contributed by atoms with Gasteiger partial charge in [-0.3, -0.25) is 9.52 Å². The van der Waals surface area contributed by atoms with Crippen molar-refractivity contribution in [2.24, 2.45) is 5.92 Å². The van der Waals surface area contributed by atoms with E-state index in [9.17, 15) is 13.2 Å². The molecule has 4 nitrogen and oxygen atoms in total. The maximum absolute atomic E-state index is 11.3. The van der Waals surface area contributed by atoms with Gasteiger partial charge in [0.1, 0.15) is 0 Å². The summed E-state index contributed by atoms with van der Waals surface area (Å²) in [5.41, 5.74) is 0.345. The Morgan fingerprint density at radius 1 is 1.53 bits per heavy atom. The lowest BCUT2D eigenvalue weighted by Gasteiger charge is -2.04. The number of rotatable bonds is 2. The lowest BCUT2D eigenvalue weighted by molar-refractivity contribution is -0.115. The molecule has 82 valence electrons. The molecule has 0 saturated heterocycles. The Kier molecular flexibility index (Phi) is 4.30. The van der Waals surface area contributed by atoms with E-state index in [-0.39, 0.29) is 0 Å². The summed E-state index contributed by atoms with van der Waals surface area (Å²) in [5, 5.41) is 0. The second-order valence-corrected chi connectivity index (χ2v) is 4.06. The second-order valence-electron chi connectivity index (χ2n) is 3.32. The van der Waals surface area contributed by atoms with Gasteiger partial charge in [-0.1, -0.05) is 31.2 Å². The van der Waals surface area contributed by atoms with E-state index in [1.165, 1.54) is 0 Å². The first kappa shape index (κ1) is 11.7. The van der Waals surface area contributed by atoms with Crippen molar-refractivity contribution in [3.8, 4) is 0 Å². The van der Waals surface area contributed by atoms with E-state index in [1.807, 2.05) is 16.9 Å². The summed E-state index contributed by atoms with van der Waals surface area (Å²) < 4.78 is 22.4. The highest BCUT2D eigenvalue weighted by Crippen LogP contribution is 2.10. The van der Waals surface area contributed by atoms with Gasteiger partial charge in [0, 0.05) is 5.57 Å². The molecule has 5 heteroatoms. The quantitative estimate of drug-likeness (QED) is 0.683. The molecule has 0 aromatic heterocycles. The van der Waals surface area contributed by atoms with E-state index in [1.54, 1.807) is 18.2 Å². The van der Waals surface area contributed by atoms with Crippen molar-refractivity contribution in [3.05, 3.63) is 36.0 Å². The van der Waals surface area contributed by atoms with Crippen molar-refractivity contribution in [1.82, 2.24) is 4.72 Å². The van der Waals surface area contributed by atoms with Crippen LogP contribution in [0.5, 0.6) is 0 Å². The average Bonchev–Trinajstić information content (AvgIpc) is 2.09. The van der Waals surface area contributed by atoms with Crippen LogP contribution >= 0.6 is 0 Å². The summed E-state index contributed by atoms with van der Waals surface area (Å²) in [7, 11) is -2.89. The monoisotopic (exact) mass is 227 g/mol. The van der Waals surface area contributed by atoms with Crippen LogP contribution in [0.4, 0.5) is 0 Å². The standard InChI is InChI=1S/C10H13NO3S/c1-8-4-2-6-9(7-3-5-8)10(12)11-15(13)14/h2-4,6-8,15H,5H2,1H3,(H,11,12,13,14)/b4-2-,7-3+,9-6+/t8-/m0/s1. The van der Waals surface area contributed by atoms with Gasteiger partial charge < -0.3 is 0 Å². The largest absolute Gasteiger partial charge is 0.268 e. The molecular weight excluding hydrogens is 214 g/mol. The number of amides is 1. The van der Waals surface area contributed by atoms with E-state index in [2.05, 4.69) is 6.92 Å². The fraction of sp³-hybridized carbons (Fsp3) is 0.300. The van der Waals surface area contributed by atoms with Gasteiger partial charge in [0.15, 0.2) is 0 Å². The normalized spacial score (nSPS) is 28.4. The number of nitrogens with one attached hydrogen (secondary N) is 1. The third-order valence-electron chi connectivity index (χ3n) is 1.98. The predicted molar refractivity (Wildman–Crippen MR) is 58.6 cm³/mol. The van der Waals surface area contributed by atoms with E-state index in [4.69, 9.17) is 0 Å². The first-order chi connectivity index (χ1) is 7.09. The van der Waals surface area contributed by atoms with E-state index >= 15 is 0 Å². The molecule has 0 fully saturated rings. The zero-order chi connectivity index (χ0) is 11.3. The van der Waals surface area contributed by atoms with Gasteiger partial charge in [-0.15, -0.1) is 0 Å². The number of carbonyl (C=O) groups is 1. The highest BCUT2D eigenvalue weighted by Gasteiger charge is 2.06. The molecule has 1 rings (SSSR count). The van der Waals surface area contributed by atoms with Gasteiger partial charge in [0.05, 0.1) is 0 Å². The summed E-state index contributed by atoms with van der Waals surface area (Å²) in [6, 6.07) is 0. The predicted octanol–water partition coefficient (Wildman–Crippen LogP) is 0.708. The first-order valence-corrected chi connectivity index (χ1v) is 5.77.